The topological polar surface area (TPSA) is 63.2 Å². The van der Waals surface area contributed by atoms with Crippen LogP contribution >= 0.6 is 11.6 Å². The maximum atomic E-state index is 11.6. The molecule has 0 spiro atoms. The van der Waals surface area contributed by atoms with Crippen LogP contribution in [-0.4, -0.2) is 18.1 Å². The molecule has 1 aromatic carbocycles. The summed E-state index contributed by atoms with van der Waals surface area (Å²) < 4.78 is 5.07. The van der Waals surface area contributed by atoms with Gasteiger partial charge in [0, 0.05) is 17.4 Å². The minimum absolute atomic E-state index is 0.387. The number of ether oxygens (including phenoxy) is 1. The maximum absolute atomic E-state index is 11.6. The number of hydrogen-bond acceptors (Lipinski definition) is 3. The van der Waals surface area contributed by atoms with Gasteiger partial charge in [0.15, 0.2) is 0 Å². The minimum atomic E-state index is -0.394. The first-order valence-corrected chi connectivity index (χ1v) is 6.55. The molecule has 21 heavy (non-hydrogen) atoms. The molecule has 0 fully saturated rings. The molecule has 2 aromatic rings. The first kappa shape index (κ1) is 14.9. The van der Waals surface area contributed by atoms with Crippen LogP contribution < -0.4 is 15.4 Å². The summed E-state index contributed by atoms with van der Waals surface area (Å²) in [6, 6.07) is 10.3. The molecule has 0 bridgehead atoms. The number of rotatable bonds is 4. The Hall–Kier alpha value is -2.53. The zero-order valence-corrected chi connectivity index (χ0v) is 12.1. The SMILES string of the molecule is COc1ccc(/C=C/NC(=O)Nc2cc(Cl)ccn2)cc1. The van der Waals surface area contributed by atoms with E-state index in [1.54, 1.807) is 31.5 Å². The number of carbonyl (C=O) groups is 1. The van der Waals surface area contributed by atoms with Gasteiger partial charge >= 0.3 is 6.03 Å². The highest BCUT2D eigenvalue weighted by molar-refractivity contribution is 6.30. The lowest BCUT2D eigenvalue weighted by molar-refractivity contribution is 0.255. The van der Waals surface area contributed by atoms with Gasteiger partial charge in [0.05, 0.1) is 7.11 Å². The van der Waals surface area contributed by atoms with Crippen molar-refractivity contribution in [3.05, 3.63) is 59.4 Å². The van der Waals surface area contributed by atoms with Crippen molar-refractivity contribution in [2.75, 3.05) is 12.4 Å². The molecule has 1 heterocycles. The van der Waals surface area contributed by atoms with Crippen LogP contribution in [0.25, 0.3) is 6.08 Å². The highest BCUT2D eigenvalue weighted by atomic mass is 35.5. The molecule has 0 aliphatic rings. The number of nitrogens with zero attached hydrogens (tertiary/aromatic N) is 1. The van der Waals surface area contributed by atoms with Gasteiger partial charge in [-0.05, 0) is 35.9 Å². The van der Waals surface area contributed by atoms with E-state index in [1.807, 2.05) is 24.3 Å². The van der Waals surface area contributed by atoms with Crippen molar-refractivity contribution in [1.82, 2.24) is 10.3 Å². The zero-order chi connectivity index (χ0) is 15.1. The van der Waals surface area contributed by atoms with Gasteiger partial charge in [-0.2, -0.15) is 0 Å². The number of benzene rings is 1. The summed E-state index contributed by atoms with van der Waals surface area (Å²) >= 11 is 5.80. The number of carbonyl (C=O) groups excluding carboxylic acids is 1. The summed E-state index contributed by atoms with van der Waals surface area (Å²) in [6.07, 6.45) is 4.83. The second kappa shape index (κ2) is 7.31. The Kier molecular flexibility index (Phi) is 5.17. The fourth-order valence-corrected chi connectivity index (χ4v) is 1.71. The first-order chi connectivity index (χ1) is 10.2. The van der Waals surface area contributed by atoms with Crippen LogP contribution in [-0.2, 0) is 0 Å². The van der Waals surface area contributed by atoms with Crippen molar-refractivity contribution < 1.29 is 9.53 Å². The molecule has 0 aliphatic carbocycles. The molecular weight excluding hydrogens is 290 g/mol. The lowest BCUT2D eigenvalue weighted by atomic mass is 10.2. The van der Waals surface area contributed by atoms with E-state index >= 15 is 0 Å². The molecule has 0 unspecified atom stereocenters. The molecule has 0 saturated heterocycles. The predicted molar refractivity (Wildman–Crippen MR) is 83.4 cm³/mol. The lowest BCUT2D eigenvalue weighted by Crippen LogP contribution is -2.24. The van der Waals surface area contributed by atoms with Crippen LogP contribution in [0, 0.1) is 0 Å². The van der Waals surface area contributed by atoms with Crippen LogP contribution in [0.15, 0.2) is 48.8 Å². The van der Waals surface area contributed by atoms with Gasteiger partial charge < -0.3 is 10.1 Å². The number of halogens is 1. The van der Waals surface area contributed by atoms with Crippen LogP contribution in [0.5, 0.6) is 5.75 Å². The molecule has 2 amide bonds. The quantitative estimate of drug-likeness (QED) is 0.908. The van der Waals surface area contributed by atoms with Crippen LogP contribution in [0.3, 0.4) is 0 Å². The van der Waals surface area contributed by atoms with Gasteiger partial charge in [-0.25, -0.2) is 9.78 Å². The number of nitrogens with one attached hydrogen (secondary N) is 2. The van der Waals surface area contributed by atoms with Gasteiger partial charge in [0.2, 0.25) is 0 Å². The summed E-state index contributed by atoms with van der Waals surface area (Å²) in [5.74, 6) is 1.17. The molecule has 108 valence electrons. The summed E-state index contributed by atoms with van der Waals surface area (Å²) in [6.45, 7) is 0. The van der Waals surface area contributed by atoms with Crippen LogP contribution in [0.1, 0.15) is 5.56 Å². The van der Waals surface area contributed by atoms with E-state index in [-0.39, 0.29) is 0 Å². The second-order valence-electron chi connectivity index (χ2n) is 4.06. The molecule has 0 saturated carbocycles. The Bertz CT molecular complexity index is 642. The van der Waals surface area contributed by atoms with Gasteiger partial charge in [-0.3, -0.25) is 5.32 Å². The molecule has 0 radical (unpaired) electrons. The highest BCUT2D eigenvalue weighted by Gasteiger charge is 2.00. The molecule has 1 aromatic heterocycles. The van der Waals surface area contributed by atoms with Gasteiger partial charge in [0.1, 0.15) is 11.6 Å². The maximum Gasteiger partial charge on any atom is 0.324 e. The Morgan fingerprint density at radius 1 is 1.29 bits per heavy atom. The van der Waals surface area contributed by atoms with E-state index < -0.39 is 6.03 Å². The monoisotopic (exact) mass is 303 g/mol. The fourth-order valence-electron chi connectivity index (χ4n) is 1.55. The Morgan fingerprint density at radius 2 is 2.05 bits per heavy atom. The molecule has 6 heteroatoms. The number of urea groups is 1. The van der Waals surface area contributed by atoms with Crippen molar-refractivity contribution in [1.29, 1.82) is 0 Å². The molecular formula is C15H14ClN3O2. The van der Waals surface area contributed by atoms with E-state index in [0.717, 1.165) is 11.3 Å². The van der Waals surface area contributed by atoms with Crippen molar-refractivity contribution in [2.24, 2.45) is 0 Å². The number of pyridine rings is 1. The van der Waals surface area contributed by atoms with Gasteiger partial charge in [-0.1, -0.05) is 23.7 Å². The Labute approximate surface area is 127 Å². The third kappa shape index (κ3) is 4.81. The fraction of sp³-hybridized carbons (Fsp3) is 0.0667. The summed E-state index contributed by atoms with van der Waals surface area (Å²) in [5, 5.41) is 5.66. The van der Waals surface area contributed by atoms with Gasteiger partial charge in [-0.15, -0.1) is 0 Å². The van der Waals surface area contributed by atoms with E-state index in [4.69, 9.17) is 16.3 Å². The minimum Gasteiger partial charge on any atom is -0.497 e. The number of amides is 2. The standard InChI is InChI=1S/C15H14ClN3O2/c1-21-13-4-2-11(3-5-13)6-8-18-15(20)19-14-10-12(16)7-9-17-14/h2-10H,1H3,(H2,17,18,19,20)/b8-6+. The smallest absolute Gasteiger partial charge is 0.324 e. The second-order valence-corrected chi connectivity index (χ2v) is 4.50. The summed E-state index contributed by atoms with van der Waals surface area (Å²) in [4.78, 5) is 15.6. The van der Waals surface area contributed by atoms with E-state index in [2.05, 4.69) is 15.6 Å². The normalized spacial score (nSPS) is 10.4. The van der Waals surface area contributed by atoms with Crippen molar-refractivity contribution in [3.8, 4) is 5.75 Å². The van der Waals surface area contributed by atoms with Crippen molar-refractivity contribution >= 4 is 29.5 Å². The van der Waals surface area contributed by atoms with Crippen LogP contribution in [0.4, 0.5) is 10.6 Å². The largest absolute Gasteiger partial charge is 0.497 e. The number of methoxy groups -OCH3 is 1. The number of hydrogen-bond donors (Lipinski definition) is 2. The van der Waals surface area contributed by atoms with E-state index in [1.165, 1.54) is 6.20 Å². The number of anilines is 1. The molecule has 0 aliphatic heterocycles. The van der Waals surface area contributed by atoms with Crippen molar-refractivity contribution in [2.45, 2.75) is 0 Å². The third-order valence-corrected chi connectivity index (χ3v) is 2.80. The Morgan fingerprint density at radius 3 is 2.71 bits per heavy atom. The molecule has 2 N–H and O–H groups in total. The number of aromatic nitrogens is 1. The Balaban J connectivity index is 1.86. The zero-order valence-electron chi connectivity index (χ0n) is 11.3. The highest BCUT2D eigenvalue weighted by Crippen LogP contribution is 2.12. The average Bonchev–Trinajstić information content (AvgIpc) is 2.48. The van der Waals surface area contributed by atoms with Gasteiger partial charge in [0.25, 0.3) is 0 Å². The summed E-state index contributed by atoms with van der Waals surface area (Å²) in [7, 11) is 1.61. The van der Waals surface area contributed by atoms with E-state index in [9.17, 15) is 4.79 Å². The van der Waals surface area contributed by atoms with Crippen LogP contribution in [0.2, 0.25) is 5.02 Å². The van der Waals surface area contributed by atoms with Crippen molar-refractivity contribution in [3.63, 3.8) is 0 Å². The first-order valence-electron chi connectivity index (χ1n) is 6.17. The molecule has 2 rings (SSSR count). The van der Waals surface area contributed by atoms with E-state index in [0.29, 0.717) is 10.8 Å². The average molecular weight is 304 g/mol. The predicted octanol–water partition coefficient (Wildman–Crippen LogP) is 3.54. The molecule has 0 atom stereocenters. The summed E-state index contributed by atoms with van der Waals surface area (Å²) in [5.41, 5.74) is 0.942. The third-order valence-electron chi connectivity index (χ3n) is 2.57. The lowest BCUT2D eigenvalue weighted by Gasteiger charge is -2.03. The molecule has 5 nitrogen and oxygen atoms in total.